The van der Waals surface area contributed by atoms with Gasteiger partial charge in [-0.2, -0.15) is 0 Å². The van der Waals surface area contributed by atoms with E-state index in [0.717, 1.165) is 11.3 Å². The molecule has 2 aromatic rings. The SMILES string of the molecule is Oc1cccc(N=Cc2ccn(C3CCCC3)c2)c1. The minimum atomic E-state index is 0.248. The fraction of sp³-hybridized carbons (Fsp3) is 0.312. The molecule has 1 aromatic carbocycles. The molecule has 3 nitrogen and oxygen atoms in total. The summed E-state index contributed by atoms with van der Waals surface area (Å²) in [7, 11) is 0. The summed E-state index contributed by atoms with van der Waals surface area (Å²) in [6.45, 7) is 0. The highest BCUT2D eigenvalue weighted by atomic mass is 16.3. The van der Waals surface area contributed by atoms with Gasteiger partial charge < -0.3 is 9.67 Å². The second-order valence-electron chi connectivity index (χ2n) is 5.11. The van der Waals surface area contributed by atoms with Gasteiger partial charge in [0, 0.05) is 36.3 Å². The Kier molecular flexibility index (Phi) is 3.36. The largest absolute Gasteiger partial charge is 0.508 e. The lowest BCUT2D eigenvalue weighted by Gasteiger charge is -2.10. The molecule has 0 radical (unpaired) electrons. The number of rotatable bonds is 3. The molecule has 0 unspecified atom stereocenters. The maximum Gasteiger partial charge on any atom is 0.117 e. The van der Waals surface area contributed by atoms with E-state index in [9.17, 15) is 5.11 Å². The topological polar surface area (TPSA) is 37.5 Å². The van der Waals surface area contributed by atoms with Gasteiger partial charge >= 0.3 is 0 Å². The maximum atomic E-state index is 9.38. The number of hydrogen-bond acceptors (Lipinski definition) is 2. The zero-order chi connectivity index (χ0) is 13.1. The first-order chi connectivity index (χ1) is 9.31. The van der Waals surface area contributed by atoms with E-state index < -0.39 is 0 Å². The number of benzene rings is 1. The van der Waals surface area contributed by atoms with Crippen LogP contribution in [0.3, 0.4) is 0 Å². The number of nitrogens with zero attached hydrogens (tertiary/aromatic N) is 2. The summed E-state index contributed by atoms with van der Waals surface area (Å²) < 4.78 is 2.30. The molecule has 3 heteroatoms. The normalized spacial score (nSPS) is 16.4. The van der Waals surface area contributed by atoms with Gasteiger partial charge in [-0.1, -0.05) is 18.9 Å². The third-order valence-corrected chi connectivity index (χ3v) is 3.68. The summed E-state index contributed by atoms with van der Waals surface area (Å²) in [6, 6.07) is 9.74. The number of phenols is 1. The smallest absolute Gasteiger partial charge is 0.117 e. The van der Waals surface area contributed by atoms with E-state index in [4.69, 9.17) is 0 Å². The Hall–Kier alpha value is -2.03. The van der Waals surface area contributed by atoms with Gasteiger partial charge in [-0.3, -0.25) is 4.99 Å². The highest BCUT2D eigenvalue weighted by Gasteiger charge is 2.15. The minimum Gasteiger partial charge on any atom is -0.508 e. The Morgan fingerprint density at radius 2 is 2.05 bits per heavy atom. The van der Waals surface area contributed by atoms with Crippen molar-refractivity contribution >= 4 is 11.9 Å². The molecule has 1 heterocycles. The van der Waals surface area contributed by atoms with Gasteiger partial charge in [-0.25, -0.2) is 0 Å². The van der Waals surface area contributed by atoms with Crippen LogP contribution in [0.4, 0.5) is 5.69 Å². The first kappa shape index (κ1) is 12.0. The number of phenolic OH excluding ortho intramolecular Hbond substituents is 1. The lowest BCUT2D eigenvalue weighted by molar-refractivity contribution is 0.475. The van der Waals surface area contributed by atoms with Crippen LogP contribution in [0.25, 0.3) is 0 Å². The highest BCUT2D eigenvalue weighted by Crippen LogP contribution is 2.29. The van der Waals surface area contributed by atoms with Crippen LogP contribution < -0.4 is 0 Å². The first-order valence-corrected chi connectivity index (χ1v) is 6.82. The fourth-order valence-corrected chi connectivity index (χ4v) is 2.66. The molecular formula is C16H18N2O. The molecule has 0 amide bonds. The summed E-state index contributed by atoms with van der Waals surface area (Å²) >= 11 is 0. The van der Waals surface area contributed by atoms with E-state index in [0.29, 0.717) is 6.04 Å². The Balaban J connectivity index is 1.73. The Labute approximate surface area is 113 Å². The average Bonchev–Trinajstić information content (AvgIpc) is 3.07. The van der Waals surface area contributed by atoms with E-state index in [-0.39, 0.29) is 5.75 Å². The molecule has 1 aliphatic carbocycles. The molecule has 0 bridgehead atoms. The van der Waals surface area contributed by atoms with E-state index in [1.54, 1.807) is 18.2 Å². The third kappa shape index (κ3) is 2.87. The minimum absolute atomic E-state index is 0.248. The quantitative estimate of drug-likeness (QED) is 0.824. The van der Waals surface area contributed by atoms with Crippen molar-refractivity contribution in [1.29, 1.82) is 0 Å². The van der Waals surface area contributed by atoms with Crippen molar-refractivity contribution in [2.75, 3.05) is 0 Å². The van der Waals surface area contributed by atoms with Crippen LogP contribution in [0.15, 0.2) is 47.7 Å². The van der Waals surface area contributed by atoms with Crippen LogP contribution in [0, 0.1) is 0 Å². The molecule has 19 heavy (non-hydrogen) atoms. The van der Waals surface area contributed by atoms with E-state index in [2.05, 4.69) is 28.0 Å². The second kappa shape index (κ2) is 5.31. The van der Waals surface area contributed by atoms with Crippen LogP contribution in [0.5, 0.6) is 5.75 Å². The van der Waals surface area contributed by atoms with Crippen molar-refractivity contribution in [3.05, 3.63) is 48.3 Å². The van der Waals surface area contributed by atoms with Gasteiger partial charge in [0.15, 0.2) is 0 Å². The standard InChI is InChI=1S/C16H18N2O/c19-16-7-3-4-14(10-16)17-11-13-8-9-18(12-13)15-5-1-2-6-15/h3-4,7-12,15,19H,1-2,5-6H2. The lowest BCUT2D eigenvalue weighted by Crippen LogP contribution is -2.00. The number of aromatic nitrogens is 1. The second-order valence-corrected chi connectivity index (χ2v) is 5.11. The third-order valence-electron chi connectivity index (χ3n) is 3.68. The molecule has 0 spiro atoms. The van der Waals surface area contributed by atoms with Crippen molar-refractivity contribution < 1.29 is 5.11 Å². The molecule has 3 rings (SSSR count). The molecular weight excluding hydrogens is 236 g/mol. The Morgan fingerprint density at radius 1 is 1.21 bits per heavy atom. The molecule has 1 fully saturated rings. The van der Waals surface area contributed by atoms with Gasteiger partial charge in [-0.05, 0) is 31.0 Å². The lowest BCUT2D eigenvalue weighted by atomic mass is 10.2. The van der Waals surface area contributed by atoms with Crippen molar-refractivity contribution in [2.24, 2.45) is 4.99 Å². The molecule has 0 saturated heterocycles. The van der Waals surface area contributed by atoms with Crippen LogP contribution in [-0.4, -0.2) is 15.9 Å². The predicted molar refractivity (Wildman–Crippen MR) is 77.3 cm³/mol. The Morgan fingerprint density at radius 3 is 2.84 bits per heavy atom. The molecule has 98 valence electrons. The summed E-state index contributed by atoms with van der Waals surface area (Å²) in [4.78, 5) is 4.38. The summed E-state index contributed by atoms with van der Waals surface area (Å²) in [6.07, 6.45) is 11.4. The Bertz CT molecular complexity index is 580. The number of hydrogen-bond donors (Lipinski definition) is 1. The van der Waals surface area contributed by atoms with E-state index in [1.807, 2.05) is 12.3 Å². The average molecular weight is 254 g/mol. The summed E-state index contributed by atoms with van der Waals surface area (Å²) in [5.74, 6) is 0.248. The van der Waals surface area contributed by atoms with Gasteiger partial charge in [0.1, 0.15) is 5.75 Å². The number of aromatic hydroxyl groups is 1. The summed E-state index contributed by atoms with van der Waals surface area (Å²) in [5, 5.41) is 9.38. The van der Waals surface area contributed by atoms with Crippen molar-refractivity contribution in [2.45, 2.75) is 31.7 Å². The zero-order valence-corrected chi connectivity index (χ0v) is 10.9. The fourth-order valence-electron chi connectivity index (χ4n) is 2.66. The first-order valence-electron chi connectivity index (χ1n) is 6.82. The zero-order valence-electron chi connectivity index (χ0n) is 10.9. The predicted octanol–water partition coefficient (Wildman–Crippen LogP) is 4.06. The maximum absolute atomic E-state index is 9.38. The molecule has 0 aliphatic heterocycles. The molecule has 1 saturated carbocycles. The van der Waals surface area contributed by atoms with Gasteiger partial charge in [0.05, 0.1) is 5.69 Å². The van der Waals surface area contributed by atoms with E-state index in [1.165, 1.54) is 25.7 Å². The van der Waals surface area contributed by atoms with E-state index >= 15 is 0 Å². The summed E-state index contributed by atoms with van der Waals surface area (Å²) in [5.41, 5.74) is 1.88. The molecule has 1 aliphatic rings. The van der Waals surface area contributed by atoms with Crippen LogP contribution in [-0.2, 0) is 0 Å². The number of aliphatic imine (C=N–C) groups is 1. The van der Waals surface area contributed by atoms with Gasteiger partial charge in [0.25, 0.3) is 0 Å². The van der Waals surface area contributed by atoms with Crippen LogP contribution in [0.2, 0.25) is 0 Å². The van der Waals surface area contributed by atoms with Crippen molar-refractivity contribution in [3.8, 4) is 5.75 Å². The van der Waals surface area contributed by atoms with Gasteiger partial charge in [-0.15, -0.1) is 0 Å². The highest BCUT2D eigenvalue weighted by molar-refractivity contribution is 5.81. The van der Waals surface area contributed by atoms with Gasteiger partial charge in [0.2, 0.25) is 0 Å². The molecule has 1 N–H and O–H groups in total. The van der Waals surface area contributed by atoms with Crippen LogP contribution >= 0.6 is 0 Å². The van der Waals surface area contributed by atoms with Crippen molar-refractivity contribution in [1.82, 2.24) is 4.57 Å². The molecule has 1 aromatic heterocycles. The molecule has 0 atom stereocenters. The van der Waals surface area contributed by atoms with Crippen LogP contribution in [0.1, 0.15) is 37.3 Å². The monoisotopic (exact) mass is 254 g/mol. The van der Waals surface area contributed by atoms with Crippen molar-refractivity contribution in [3.63, 3.8) is 0 Å².